The van der Waals surface area contributed by atoms with Gasteiger partial charge in [0.1, 0.15) is 0 Å². The van der Waals surface area contributed by atoms with Gasteiger partial charge in [-0.1, -0.05) is 158 Å². The highest BCUT2D eigenvalue weighted by molar-refractivity contribution is 7.27. The van der Waals surface area contributed by atoms with Crippen molar-refractivity contribution in [3.63, 3.8) is 0 Å². The van der Waals surface area contributed by atoms with Crippen molar-refractivity contribution in [2.24, 2.45) is 0 Å². The second-order valence-electron chi connectivity index (χ2n) is 14.8. The van der Waals surface area contributed by atoms with Gasteiger partial charge in [0.25, 0.3) is 0 Å². The average molecular weight is 757 g/mol. The maximum atomic E-state index is 5.12. The molecule has 270 valence electrons. The summed E-state index contributed by atoms with van der Waals surface area (Å²) < 4.78 is 5.11. The molecule has 0 aliphatic heterocycles. The Morgan fingerprint density at radius 1 is 0.362 bits per heavy atom. The van der Waals surface area contributed by atoms with E-state index in [0.29, 0.717) is 17.5 Å². The molecule has 0 fully saturated rings. The van der Waals surface area contributed by atoms with Crippen molar-refractivity contribution in [3.8, 4) is 51.0 Å². The Labute approximate surface area is 338 Å². The first kappa shape index (κ1) is 32.7. The lowest BCUT2D eigenvalue weighted by Gasteiger charge is -2.13. The fraction of sp³-hybridized carbons (Fsp3) is 0. The lowest BCUT2D eigenvalue weighted by molar-refractivity contribution is 1.07. The molecule has 0 saturated heterocycles. The Morgan fingerprint density at radius 2 is 0.948 bits per heavy atom. The van der Waals surface area contributed by atoms with E-state index in [4.69, 9.17) is 15.0 Å². The molecule has 58 heavy (non-hydrogen) atoms. The minimum Gasteiger partial charge on any atom is -0.309 e. The molecule has 12 rings (SSSR count). The molecule has 4 nitrogen and oxygen atoms in total. The van der Waals surface area contributed by atoms with Crippen LogP contribution >= 0.6 is 11.3 Å². The van der Waals surface area contributed by atoms with Crippen LogP contribution in [0, 0.1) is 0 Å². The number of hydrogen-bond acceptors (Lipinski definition) is 4. The zero-order chi connectivity index (χ0) is 38.2. The summed E-state index contributed by atoms with van der Waals surface area (Å²) in [4.78, 5) is 15.2. The molecule has 12 aromatic rings. The summed E-state index contributed by atoms with van der Waals surface area (Å²) in [5.74, 6) is 1.93. The van der Waals surface area contributed by atoms with Gasteiger partial charge in [-0.25, -0.2) is 15.0 Å². The van der Waals surface area contributed by atoms with Gasteiger partial charge < -0.3 is 4.57 Å². The molecule has 0 radical (unpaired) electrons. The smallest absolute Gasteiger partial charge is 0.164 e. The molecule has 0 amide bonds. The highest BCUT2D eigenvalue weighted by atomic mass is 32.1. The third-order valence-corrected chi connectivity index (χ3v) is 12.6. The standard InChI is InChI=1S/C53H32N4S/c1-2-15-34(16-3-1)51-54-52(56-53(55-51)39-29-28-33-14-4-5-17-35(33)30-39)38-20-12-18-36(31-38)37-19-13-21-40(32-37)57-45-26-10-8-24-43(45)47-41-22-6-7-23-42(41)50-48(49(47)57)44-25-9-11-27-46(44)58-50/h1-32H. The second kappa shape index (κ2) is 13.1. The first-order valence-corrected chi connectivity index (χ1v) is 20.3. The Balaban J connectivity index is 1.04. The first-order chi connectivity index (χ1) is 28.7. The number of aromatic nitrogens is 4. The van der Waals surface area contributed by atoms with E-state index in [1.807, 2.05) is 29.5 Å². The topological polar surface area (TPSA) is 43.6 Å². The Morgan fingerprint density at radius 3 is 1.78 bits per heavy atom. The number of benzene rings is 9. The number of nitrogens with zero attached hydrogens (tertiary/aromatic N) is 4. The molecule has 3 heterocycles. The van der Waals surface area contributed by atoms with Crippen LogP contribution in [0.5, 0.6) is 0 Å². The van der Waals surface area contributed by atoms with E-state index in [1.165, 1.54) is 58.1 Å². The zero-order valence-corrected chi connectivity index (χ0v) is 32.0. The van der Waals surface area contributed by atoms with Gasteiger partial charge in [-0.15, -0.1) is 11.3 Å². The van der Waals surface area contributed by atoms with Crippen LogP contribution in [0.2, 0.25) is 0 Å². The highest BCUT2D eigenvalue weighted by Gasteiger charge is 2.22. The summed E-state index contributed by atoms with van der Waals surface area (Å²) in [6.07, 6.45) is 0. The molecule has 0 atom stereocenters. The molecule has 3 aromatic heterocycles. The van der Waals surface area contributed by atoms with Crippen molar-refractivity contribution in [2.75, 3.05) is 0 Å². The Hall–Kier alpha value is -7.47. The maximum absolute atomic E-state index is 5.12. The number of para-hydroxylation sites is 1. The van der Waals surface area contributed by atoms with Gasteiger partial charge in [0.05, 0.1) is 11.0 Å². The largest absolute Gasteiger partial charge is 0.309 e. The van der Waals surface area contributed by atoms with Crippen LogP contribution in [0.3, 0.4) is 0 Å². The molecule has 0 aliphatic rings. The quantitative estimate of drug-likeness (QED) is 0.176. The number of fused-ring (bicyclic) bond motifs is 11. The fourth-order valence-electron chi connectivity index (χ4n) is 8.73. The van der Waals surface area contributed by atoms with E-state index in [0.717, 1.165) is 38.9 Å². The predicted octanol–water partition coefficient (Wildman–Crippen LogP) is 14.3. The molecule has 0 aliphatic carbocycles. The summed E-state index contributed by atoms with van der Waals surface area (Å²) in [6, 6.07) is 69.1. The highest BCUT2D eigenvalue weighted by Crippen LogP contribution is 2.48. The Kier molecular flexibility index (Phi) is 7.37. The van der Waals surface area contributed by atoms with Gasteiger partial charge in [-0.05, 0) is 63.7 Å². The van der Waals surface area contributed by atoms with E-state index in [-0.39, 0.29) is 0 Å². The van der Waals surface area contributed by atoms with Gasteiger partial charge in [0.2, 0.25) is 0 Å². The van der Waals surface area contributed by atoms with E-state index < -0.39 is 0 Å². The van der Waals surface area contributed by atoms with Crippen molar-refractivity contribution in [2.45, 2.75) is 0 Å². The van der Waals surface area contributed by atoms with Crippen molar-refractivity contribution in [1.29, 1.82) is 0 Å². The maximum Gasteiger partial charge on any atom is 0.164 e. The molecule has 0 spiro atoms. The molecule has 0 saturated carbocycles. The van der Waals surface area contributed by atoms with Crippen LogP contribution in [0.1, 0.15) is 0 Å². The fourth-order valence-corrected chi connectivity index (χ4v) is 9.97. The average Bonchev–Trinajstić information content (AvgIpc) is 3.86. The van der Waals surface area contributed by atoms with Crippen LogP contribution in [-0.2, 0) is 0 Å². The summed E-state index contributed by atoms with van der Waals surface area (Å²) in [6.45, 7) is 0. The van der Waals surface area contributed by atoms with Gasteiger partial charge >= 0.3 is 0 Å². The summed E-state index contributed by atoms with van der Waals surface area (Å²) in [7, 11) is 0. The van der Waals surface area contributed by atoms with Gasteiger partial charge in [0.15, 0.2) is 17.5 Å². The molecular formula is C53H32N4S. The minimum atomic E-state index is 0.635. The van der Waals surface area contributed by atoms with Crippen LogP contribution < -0.4 is 0 Å². The molecular weight excluding hydrogens is 725 g/mol. The molecule has 0 bridgehead atoms. The van der Waals surface area contributed by atoms with Crippen LogP contribution in [-0.4, -0.2) is 19.5 Å². The van der Waals surface area contributed by atoms with Crippen LogP contribution in [0.25, 0.3) is 115 Å². The second-order valence-corrected chi connectivity index (χ2v) is 15.8. The zero-order valence-electron chi connectivity index (χ0n) is 31.2. The van der Waals surface area contributed by atoms with E-state index in [1.54, 1.807) is 0 Å². The van der Waals surface area contributed by atoms with E-state index in [9.17, 15) is 0 Å². The molecule has 5 heteroatoms. The summed E-state index contributed by atoms with van der Waals surface area (Å²) in [5, 5.41) is 10.1. The Bertz CT molecular complexity index is 3580. The summed E-state index contributed by atoms with van der Waals surface area (Å²) in [5.41, 5.74) is 8.59. The number of hydrogen-bond donors (Lipinski definition) is 0. The van der Waals surface area contributed by atoms with Gasteiger partial charge in [0, 0.05) is 58.7 Å². The number of thiophene rings is 1. The van der Waals surface area contributed by atoms with Gasteiger partial charge in [-0.2, -0.15) is 0 Å². The number of rotatable bonds is 5. The normalized spacial score (nSPS) is 11.8. The van der Waals surface area contributed by atoms with Crippen LogP contribution in [0.4, 0.5) is 0 Å². The third-order valence-electron chi connectivity index (χ3n) is 11.4. The first-order valence-electron chi connectivity index (χ1n) is 19.5. The molecule has 0 unspecified atom stereocenters. The van der Waals surface area contributed by atoms with Crippen molar-refractivity contribution >= 4 is 74.9 Å². The minimum absolute atomic E-state index is 0.635. The molecule has 0 N–H and O–H groups in total. The lowest BCUT2D eigenvalue weighted by Crippen LogP contribution is -2.00. The molecule has 9 aromatic carbocycles. The summed E-state index contributed by atoms with van der Waals surface area (Å²) >= 11 is 1.89. The van der Waals surface area contributed by atoms with Crippen molar-refractivity contribution in [1.82, 2.24) is 19.5 Å². The van der Waals surface area contributed by atoms with Crippen molar-refractivity contribution < 1.29 is 0 Å². The van der Waals surface area contributed by atoms with E-state index >= 15 is 0 Å². The van der Waals surface area contributed by atoms with E-state index in [2.05, 4.69) is 180 Å². The van der Waals surface area contributed by atoms with Gasteiger partial charge in [-0.3, -0.25) is 0 Å². The SMILES string of the molecule is c1ccc(-c2nc(-c3cccc(-c4cccc(-n5c6ccccc6c6c7ccccc7c7sc8ccccc8c7c65)c4)c3)nc(-c3ccc4ccccc4c3)n2)cc1. The monoisotopic (exact) mass is 756 g/mol. The third kappa shape index (κ3) is 5.18. The predicted molar refractivity (Wildman–Crippen MR) is 244 cm³/mol. The van der Waals surface area contributed by atoms with Crippen molar-refractivity contribution in [3.05, 3.63) is 194 Å². The lowest BCUT2D eigenvalue weighted by atomic mass is 9.99. The van der Waals surface area contributed by atoms with Crippen LogP contribution in [0.15, 0.2) is 194 Å².